The first kappa shape index (κ1) is 35.1. The molecule has 1 unspecified atom stereocenters. The van der Waals surface area contributed by atoms with Crippen LogP contribution in [0.4, 0.5) is 0 Å². The molecule has 15 atom stereocenters. The number of ether oxygens (including phenoxy) is 5. The normalized spacial score (nSPS) is 46.2. The van der Waals surface area contributed by atoms with Gasteiger partial charge in [-0.25, -0.2) is 0 Å². The monoisotopic (exact) mass is 615 g/mol. The highest BCUT2D eigenvalue weighted by atomic mass is 16.8. The lowest BCUT2D eigenvalue weighted by atomic mass is 9.96. The Kier molecular flexibility index (Phi) is 13.0. The van der Waals surface area contributed by atoms with E-state index in [0.717, 1.165) is 13.0 Å². The molecular formula is C24H41NO17. The topological polar surface area (TPSA) is 289 Å². The fourth-order valence-corrected chi connectivity index (χ4v) is 4.92. The second-order valence-corrected chi connectivity index (χ2v) is 10.2. The van der Waals surface area contributed by atoms with E-state index in [1.54, 1.807) is 11.1 Å². The molecule has 18 heteroatoms. The maximum absolute atomic E-state index is 10.7. The Balaban J connectivity index is 0.000000521. The molecular weight excluding hydrogens is 574 g/mol. The minimum absolute atomic E-state index is 0.208. The van der Waals surface area contributed by atoms with Crippen molar-refractivity contribution in [2.75, 3.05) is 26.4 Å². The van der Waals surface area contributed by atoms with Crippen LogP contribution in [0.25, 0.3) is 0 Å². The van der Waals surface area contributed by atoms with E-state index in [1.807, 2.05) is 0 Å². The van der Waals surface area contributed by atoms with Gasteiger partial charge in [-0.2, -0.15) is 0 Å². The van der Waals surface area contributed by atoms with Crippen molar-refractivity contribution in [1.82, 2.24) is 4.90 Å². The van der Waals surface area contributed by atoms with Gasteiger partial charge in [-0.15, -0.1) is 0 Å². The lowest BCUT2D eigenvalue weighted by Crippen LogP contribution is -2.66. The molecule has 4 saturated heterocycles. The summed E-state index contributed by atoms with van der Waals surface area (Å²) < 4.78 is 26.4. The van der Waals surface area contributed by atoms with Gasteiger partial charge in [-0.05, 0) is 12.6 Å². The van der Waals surface area contributed by atoms with Crippen LogP contribution in [0, 0.1) is 0 Å². The average Bonchev–Trinajstić information content (AvgIpc) is 3.41. The number of rotatable bonds is 8. The van der Waals surface area contributed by atoms with Crippen molar-refractivity contribution in [2.24, 2.45) is 0 Å². The Bertz CT molecular complexity index is 863. The Morgan fingerprint density at radius 3 is 1.62 bits per heavy atom. The molecule has 4 rings (SSSR count). The number of hydrogen-bond acceptors (Lipinski definition) is 17. The number of likely N-dealkylation sites (tertiary alicyclic amines) is 1. The quantitative estimate of drug-likeness (QED) is 0.121. The maximum Gasteiger partial charge on any atom is 0.226 e. The molecule has 4 aliphatic heterocycles. The average molecular weight is 616 g/mol. The Morgan fingerprint density at radius 1 is 0.690 bits per heavy atom. The largest absolute Gasteiger partial charge is 0.394 e. The van der Waals surface area contributed by atoms with Gasteiger partial charge in [0.2, 0.25) is 5.91 Å². The van der Waals surface area contributed by atoms with Crippen molar-refractivity contribution in [3.63, 3.8) is 0 Å². The van der Waals surface area contributed by atoms with Crippen LogP contribution in [-0.4, -0.2) is 185 Å². The molecule has 1 amide bonds. The summed E-state index contributed by atoms with van der Waals surface area (Å²) >= 11 is 0. The first-order valence-electron chi connectivity index (χ1n) is 13.4. The molecule has 0 spiro atoms. The van der Waals surface area contributed by atoms with Crippen molar-refractivity contribution in [3.05, 3.63) is 12.8 Å². The lowest BCUT2D eigenvalue weighted by molar-refractivity contribution is -0.377. The van der Waals surface area contributed by atoms with Crippen molar-refractivity contribution in [2.45, 2.75) is 105 Å². The van der Waals surface area contributed by atoms with Crippen LogP contribution in [0.2, 0.25) is 0 Å². The van der Waals surface area contributed by atoms with E-state index in [1.165, 1.54) is 0 Å². The van der Waals surface area contributed by atoms with Crippen molar-refractivity contribution in [1.29, 1.82) is 0 Å². The smallest absolute Gasteiger partial charge is 0.226 e. The highest BCUT2D eigenvalue weighted by Gasteiger charge is 2.53. The number of amides is 1. The van der Waals surface area contributed by atoms with Crippen molar-refractivity contribution >= 4 is 5.91 Å². The van der Waals surface area contributed by atoms with Gasteiger partial charge in [0.25, 0.3) is 0 Å². The SMILES string of the molecule is C=CN1CCCC1=O.OC[C@H]1O[C@@H](O[C@H]2[C@H](O)[C@@H](O)[C@H](O[C@H]3[C@H](O)[C@@H](O)C(O)O[C@@H]3CO)O[C@@H]2CO)[C@H](O)[C@@H](O)[C@@H]1O. The lowest BCUT2D eigenvalue weighted by Gasteiger charge is -2.47. The number of nitrogens with zero attached hydrogens (tertiary/aromatic N) is 1. The van der Waals surface area contributed by atoms with Crippen molar-refractivity contribution < 1.29 is 84.7 Å². The van der Waals surface area contributed by atoms with E-state index in [0.29, 0.717) is 6.42 Å². The number of aliphatic hydroxyl groups is 11. The van der Waals surface area contributed by atoms with Gasteiger partial charge in [0.05, 0.1) is 19.8 Å². The Labute approximate surface area is 240 Å². The zero-order valence-electron chi connectivity index (χ0n) is 22.5. The molecule has 0 aromatic carbocycles. The zero-order valence-corrected chi connectivity index (χ0v) is 22.5. The van der Waals surface area contributed by atoms with Crippen LogP contribution in [0.15, 0.2) is 12.8 Å². The van der Waals surface area contributed by atoms with Crippen molar-refractivity contribution in [3.8, 4) is 0 Å². The van der Waals surface area contributed by atoms with Gasteiger partial charge >= 0.3 is 0 Å². The van der Waals surface area contributed by atoms with Crippen LogP contribution in [0.1, 0.15) is 12.8 Å². The highest BCUT2D eigenvalue weighted by molar-refractivity contribution is 5.78. The number of carbonyl (C=O) groups excluding carboxylic acids is 1. The van der Waals surface area contributed by atoms with Crippen LogP contribution >= 0.6 is 0 Å². The molecule has 0 aliphatic carbocycles. The predicted molar refractivity (Wildman–Crippen MR) is 132 cm³/mol. The van der Waals surface area contributed by atoms with Crippen LogP contribution in [0.5, 0.6) is 0 Å². The zero-order chi connectivity index (χ0) is 31.3. The van der Waals surface area contributed by atoms with Gasteiger partial charge in [-0.1, -0.05) is 6.58 Å². The second-order valence-electron chi connectivity index (χ2n) is 10.2. The van der Waals surface area contributed by atoms with Crippen LogP contribution in [0.3, 0.4) is 0 Å². The van der Waals surface area contributed by atoms with E-state index in [2.05, 4.69) is 6.58 Å². The first-order valence-corrected chi connectivity index (χ1v) is 13.4. The molecule has 4 heterocycles. The van der Waals surface area contributed by atoms with Crippen LogP contribution in [-0.2, 0) is 28.5 Å². The van der Waals surface area contributed by atoms with E-state index in [9.17, 15) is 61.0 Å². The summed E-state index contributed by atoms with van der Waals surface area (Å²) in [6, 6.07) is 0. The first-order chi connectivity index (χ1) is 19.9. The molecule has 0 aromatic rings. The maximum atomic E-state index is 10.7. The third-order valence-corrected chi connectivity index (χ3v) is 7.42. The molecule has 11 N–H and O–H groups in total. The Morgan fingerprint density at radius 2 is 1.17 bits per heavy atom. The van der Waals surface area contributed by atoms with Gasteiger partial charge in [0.15, 0.2) is 18.9 Å². The number of carbonyl (C=O) groups is 1. The van der Waals surface area contributed by atoms with E-state index >= 15 is 0 Å². The van der Waals surface area contributed by atoms with E-state index < -0.39 is 112 Å². The third-order valence-electron chi connectivity index (χ3n) is 7.42. The van der Waals surface area contributed by atoms with Gasteiger partial charge in [-0.3, -0.25) is 4.79 Å². The standard InChI is InChI=1S/C18H32O16.C6H9NO/c19-1-4-7(22)8(23)12(27)17(31-4)34-15-6(3-21)32-18(13(28)10(15)25)33-14-5(2-20)30-16(29)11(26)9(14)24;1-2-7-5-3-4-6(7)8/h4-29H,1-3H2;2H,1,3-5H2/t4-,5-,6-,7-,8+,9-,10-,11-,12-,13-,14-,15-,16?,17+,18+;/m1./s1. The molecule has 42 heavy (non-hydrogen) atoms. The second kappa shape index (κ2) is 15.5. The summed E-state index contributed by atoms with van der Waals surface area (Å²) in [6.07, 6.45) is -21.9. The number of hydrogen-bond donors (Lipinski definition) is 11. The summed E-state index contributed by atoms with van der Waals surface area (Å²) in [7, 11) is 0. The predicted octanol–water partition coefficient (Wildman–Crippen LogP) is -6.82. The van der Waals surface area contributed by atoms with Gasteiger partial charge in [0, 0.05) is 13.0 Å². The fraction of sp³-hybridized carbons (Fsp3) is 0.875. The molecule has 0 radical (unpaired) electrons. The third kappa shape index (κ3) is 7.61. The summed E-state index contributed by atoms with van der Waals surface area (Å²) in [6.45, 7) is 2.04. The molecule has 0 bridgehead atoms. The van der Waals surface area contributed by atoms with Crippen LogP contribution < -0.4 is 0 Å². The molecule has 18 nitrogen and oxygen atoms in total. The highest BCUT2D eigenvalue weighted by Crippen LogP contribution is 2.32. The van der Waals surface area contributed by atoms with Gasteiger partial charge in [0.1, 0.15) is 73.2 Å². The summed E-state index contributed by atoms with van der Waals surface area (Å²) in [5.41, 5.74) is 0. The molecule has 4 fully saturated rings. The molecule has 4 aliphatic rings. The summed E-state index contributed by atoms with van der Waals surface area (Å²) in [5, 5.41) is 109. The Hall–Kier alpha value is -1.43. The fourth-order valence-electron chi connectivity index (χ4n) is 4.92. The summed E-state index contributed by atoms with van der Waals surface area (Å²) in [4.78, 5) is 12.3. The summed E-state index contributed by atoms with van der Waals surface area (Å²) in [5.74, 6) is 0.208. The molecule has 0 saturated carbocycles. The number of aliphatic hydroxyl groups excluding tert-OH is 11. The minimum atomic E-state index is -1.91. The minimum Gasteiger partial charge on any atom is -0.394 e. The molecule has 0 aromatic heterocycles. The molecule has 244 valence electrons. The van der Waals surface area contributed by atoms with E-state index in [-0.39, 0.29) is 5.91 Å². The van der Waals surface area contributed by atoms with E-state index in [4.69, 9.17) is 23.7 Å². The van der Waals surface area contributed by atoms with Gasteiger partial charge < -0.3 is 84.8 Å².